The second kappa shape index (κ2) is 6.99. The van der Waals surface area contributed by atoms with Crippen molar-refractivity contribution in [3.05, 3.63) is 42.1 Å². The minimum absolute atomic E-state index is 0.0173. The van der Waals surface area contributed by atoms with E-state index in [-0.39, 0.29) is 29.7 Å². The summed E-state index contributed by atoms with van der Waals surface area (Å²) in [4.78, 5) is 49.1. The van der Waals surface area contributed by atoms with E-state index in [2.05, 4.69) is 4.98 Å². The summed E-state index contributed by atoms with van der Waals surface area (Å²) in [6.07, 6.45) is 6.44. The number of likely N-dealkylation sites (tertiary alicyclic amines) is 1. The summed E-state index contributed by atoms with van der Waals surface area (Å²) in [6, 6.07) is 6.70. The zero-order valence-corrected chi connectivity index (χ0v) is 19.2. The number of fused-ring (bicyclic) bond motifs is 7. The van der Waals surface area contributed by atoms with Gasteiger partial charge < -0.3 is 4.90 Å². The minimum Gasteiger partial charge on any atom is -0.351 e. The molecule has 5 rings (SSSR count). The van der Waals surface area contributed by atoms with E-state index >= 15 is 0 Å². The summed E-state index contributed by atoms with van der Waals surface area (Å²) >= 11 is 0. The van der Waals surface area contributed by atoms with Crippen LogP contribution in [0.1, 0.15) is 46.6 Å². The monoisotopic (exact) mass is 431 g/mol. The van der Waals surface area contributed by atoms with Crippen LogP contribution in [0.3, 0.4) is 0 Å². The van der Waals surface area contributed by atoms with Gasteiger partial charge in [-0.1, -0.05) is 58.0 Å². The Hall–Kier alpha value is -3.02. The van der Waals surface area contributed by atoms with E-state index in [9.17, 15) is 14.4 Å². The van der Waals surface area contributed by atoms with Crippen LogP contribution in [0, 0.1) is 17.3 Å². The highest BCUT2D eigenvalue weighted by molar-refractivity contribution is 6.13. The highest BCUT2D eigenvalue weighted by Crippen LogP contribution is 2.51. The third kappa shape index (κ3) is 2.71. The molecule has 0 radical (unpaired) electrons. The van der Waals surface area contributed by atoms with Crippen molar-refractivity contribution in [2.45, 2.75) is 59.2 Å². The van der Waals surface area contributed by atoms with Crippen molar-refractivity contribution >= 4 is 40.3 Å². The summed E-state index contributed by atoms with van der Waals surface area (Å²) in [6.45, 7) is 9.52. The molecule has 5 atom stereocenters. The SMILES string of the molecule is CC[C@@H](C)N1C(=O)[C@@H]2[C@H](C1=O)[C@H]1C=Cc3ccc4cccnc4c3N1[C@H]2C(=O)C(C)(C)C. The van der Waals surface area contributed by atoms with E-state index in [1.807, 2.05) is 75.9 Å². The van der Waals surface area contributed by atoms with Crippen molar-refractivity contribution in [3.8, 4) is 0 Å². The fraction of sp³-hybridized carbons (Fsp3) is 0.462. The maximum Gasteiger partial charge on any atom is 0.235 e. The number of amides is 2. The number of Topliss-reactive ketones (excluding diaryl/α,β-unsaturated/α-hetero) is 1. The zero-order chi connectivity index (χ0) is 22.9. The van der Waals surface area contributed by atoms with E-state index in [0.29, 0.717) is 6.42 Å². The standard InChI is InChI=1S/C26H29N3O3/c1-6-14(2)28-24(31)18-17-12-11-16-10-9-15-8-7-13-27-20(15)21(16)29(17)22(19(18)25(28)32)23(30)26(3,4)5/h7-14,17-19,22H,6H2,1-5H3/t14-,17-,18-,19-,22-/m1/s1. The molecule has 0 unspecified atom stereocenters. The lowest BCUT2D eigenvalue weighted by Gasteiger charge is -2.39. The van der Waals surface area contributed by atoms with Crippen LogP contribution < -0.4 is 4.90 Å². The van der Waals surface area contributed by atoms with Gasteiger partial charge in [-0.25, -0.2) is 0 Å². The number of imide groups is 1. The van der Waals surface area contributed by atoms with E-state index in [4.69, 9.17) is 0 Å². The van der Waals surface area contributed by atoms with Crippen LogP contribution in [-0.4, -0.2) is 45.6 Å². The number of rotatable bonds is 3. The summed E-state index contributed by atoms with van der Waals surface area (Å²) in [5, 5.41) is 0.971. The Morgan fingerprint density at radius 1 is 1.12 bits per heavy atom. The first kappa shape index (κ1) is 20.9. The Balaban J connectivity index is 1.74. The molecule has 2 aromatic rings. The Kier molecular flexibility index (Phi) is 4.56. The predicted molar refractivity (Wildman–Crippen MR) is 124 cm³/mol. The molecular formula is C26H29N3O3. The molecule has 0 spiro atoms. The van der Waals surface area contributed by atoms with Crippen LogP contribution in [0.25, 0.3) is 17.0 Å². The van der Waals surface area contributed by atoms with E-state index in [1.165, 1.54) is 4.90 Å². The normalized spacial score (nSPS) is 27.5. The fourth-order valence-electron chi connectivity index (χ4n) is 5.56. The van der Waals surface area contributed by atoms with Crippen LogP contribution in [0.15, 0.2) is 36.5 Å². The second-order valence-electron chi connectivity index (χ2n) is 10.2. The first-order valence-electron chi connectivity index (χ1n) is 11.4. The lowest BCUT2D eigenvalue weighted by atomic mass is 9.79. The zero-order valence-electron chi connectivity index (χ0n) is 19.2. The van der Waals surface area contributed by atoms with E-state index in [1.54, 1.807) is 6.20 Å². The molecule has 0 aliphatic carbocycles. The molecule has 6 heteroatoms. The predicted octanol–water partition coefficient (Wildman–Crippen LogP) is 3.83. The van der Waals surface area contributed by atoms with Gasteiger partial charge in [0.25, 0.3) is 0 Å². The first-order valence-corrected chi connectivity index (χ1v) is 11.4. The molecule has 0 bridgehead atoms. The number of benzene rings is 1. The van der Waals surface area contributed by atoms with Crippen molar-refractivity contribution in [2.75, 3.05) is 4.90 Å². The minimum atomic E-state index is -0.702. The molecule has 4 heterocycles. The number of anilines is 1. The maximum atomic E-state index is 13.8. The highest BCUT2D eigenvalue weighted by Gasteiger charge is 2.65. The molecule has 0 N–H and O–H groups in total. The number of ketones is 1. The van der Waals surface area contributed by atoms with Gasteiger partial charge in [-0.3, -0.25) is 24.3 Å². The van der Waals surface area contributed by atoms with Gasteiger partial charge >= 0.3 is 0 Å². The fourth-order valence-corrected chi connectivity index (χ4v) is 5.56. The van der Waals surface area contributed by atoms with Crippen molar-refractivity contribution in [2.24, 2.45) is 17.3 Å². The Bertz CT molecular complexity index is 1180. The topological polar surface area (TPSA) is 70.6 Å². The lowest BCUT2D eigenvalue weighted by molar-refractivity contribution is -0.144. The molecule has 3 aliphatic rings. The largest absolute Gasteiger partial charge is 0.351 e. The van der Waals surface area contributed by atoms with Crippen LogP contribution in [0.5, 0.6) is 0 Å². The van der Waals surface area contributed by atoms with Gasteiger partial charge in [-0.15, -0.1) is 0 Å². The number of hydrogen-bond donors (Lipinski definition) is 0. The number of hydrogen-bond acceptors (Lipinski definition) is 5. The molecule has 166 valence electrons. The molecule has 0 saturated carbocycles. The smallest absolute Gasteiger partial charge is 0.235 e. The van der Waals surface area contributed by atoms with Gasteiger partial charge in [0.1, 0.15) is 6.04 Å². The number of pyridine rings is 1. The Morgan fingerprint density at radius 2 is 1.84 bits per heavy atom. The summed E-state index contributed by atoms with van der Waals surface area (Å²) in [7, 11) is 0. The molecule has 32 heavy (non-hydrogen) atoms. The number of nitrogens with zero attached hydrogens (tertiary/aromatic N) is 3. The number of carbonyl (C=O) groups is 3. The first-order chi connectivity index (χ1) is 15.2. The Morgan fingerprint density at radius 3 is 2.53 bits per heavy atom. The van der Waals surface area contributed by atoms with E-state index in [0.717, 1.165) is 22.2 Å². The van der Waals surface area contributed by atoms with Crippen molar-refractivity contribution < 1.29 is 14.4 Å². The maximum absolute atomic E-state index is 13.8. The summed E-state index contributed by atoms with van der Waals surface area (Å²) < 4.78 is 0. The van der Waals surface area contributed by atoms with Crippen molar-refractivity contribution in [1.29, 1.82) is 0 Å². The highest BCUT2D eigenvalue weighted by atomic mass is 16.2. The lowest BCUT2D eigenvalue weighted by Crippen LogP contribution is -2.52. The molecular weight excluding hydrogens is 402 g/mol. The molecule has 2 saturated heterocycles. The van der Waals surface area contributed by atoms with Crippen LogP contribution in [-0.2, 0) is 14.4 Å². The molecule has 2 fully saturated rings. The van der Waals surface area contributed by atoms with Crippen LogP contribution in [0.4, 0.5) is 5.69 Å². The third-order valence-corrected chi connectivity index (χ3v) is 7.31. The van der Waals surface area contributed by atoms with Crippen molar-refractivity contribution in [3.63, 3.8) is 0 Å². The molecule has 3 aliphatic heterocycles. The third-order valence-electron chi connectivity index (χ3n) is 7.31. The molecule has 2 amide bonds. The van der Waals surface area contributed by atoms with Gasteiger partial charge in [0.05, 0.1) is 29.1 Å². The summed E-state index contributed by atoms with van der Waals surface area (Å²) in [5.41, 5.74) is 1.95. The van der Waals surface area contributed by atoms with Gasteiger partial charge in [0, 0.05) is 23.0 Å². The molecule has 1 aromatic heterocycles. The molecule has 1 aromatic carbocycles. The van der Waals surface area contributed by atoms with Gasteiger partial charge in [0.15, 0.2) is 5.78 Å². The summed E-state index contributed by atoms with van der Waals surface area (Å²) in [5.74, 6) is -1.63. The second-order valence-corrected chi connectivity index (χ2v) is 10.2. The van der Waals surface area contributed by atoms with Gasteiger partial charge in [-0.2, -0.15) is 0 Å². The number of aromatic nitrogens is 1. The van der Waals surface area contributed by atoms with Gasteiger partial charge in [0.2, 0.25) is 11.8 Å². The number of carbonyl (C=O) groups excluding carboxylic acids is 3. The van der Waals surface area contributed by atoms with Gasteiger partial charge in [-0.05, 0) is 25.0 Å². The Labute approximate surface area is 188 Å². The van der Waals surface area contributed by atoms with Crippen molar-refractivity contribution in [1.82, 2.24) is 9.88 Å². The average molecular weight is 432 g/mol. The van der Waals surface area contributed by atoms with Crippen LogP contribution in [0.2, 0.25) is 0 Å². The quantitative estimate of drug-likeness (QED) is 0.691. The van der Waals surface area contributed by atoms with Crippen LogP contribution >= 0.6 is 0 Å². The average Bonchev–Trinajstić information content (AvgIpc) is 3.24. The molecule has 6 nitrogen and oxygen atoms in total. The van der Waals surface area contributed by atoms with E-state index < -0.39 is 23.3 Å².